The second-order valence-corrected chi connectivity index (χ2v) is 10.1. The summed E-state index contributed by atoms with van der Waals surface area (Å²) in [6, 6.07) is 3.29. The van der Waals surface area contributed by atoms with Crippen LogP contribution in [0.2, 0.25) is 5.02 Å². The van der Waals surface area contributed by atoms with E-state index < -0.39 is 10.0 Å². The lowest BCUT2D eigenvalue weighted by Gasteiger charge is -2.34. The molecule has 1 aliphatic carbocycles. The molecule has 0 aromatic heterocycles. The Bertz CT molecular complexity index is 939. The summed E-state index contributed by atoms with van der Waals surface area (Å²) in [6.45, 7) is 3.26. The summed E-state index contributed by atoms with van der Waals surface area (Å²) in [5.41, 5.74) is 0.814. The zero-order chi connectivity index (χ0) is 20.6. The van der Waals surface area contributed by atoms with E-state index in [2.05, 4.69) is 4.40 Å². The number of hydrogen-bond donors (Lipinski definition) is 0. The van der Waals surface area contributed by atoms with Crippen LogP contribution < -0.4 is 4.90 Å². The van der Waals surface area contributed by atoms with E-state index in [0.29, 0.717) is 36.1 Å². The van der Waals surface area contributed by atoms with E-state index in [1.54, 1.807) is 6.07 Å². The fourth-order valence-electron chi connectivity index (χ4n) is 4.78. The maximum absolute atomic E-state index is 13.3. The molecule has 3 aliphatic rings. The Morgan fingerprint density at radius 1 is 1.17 bits per heavy atom. The third kappa shape index (κ3) is 3.91. The highest BCUT2D eigenvalue weighted by atomic mass is 35.5. The lowest BCUT2D eigenvalue weighted by molar-refractivity contribution is 0.0648. The number of amidine groups is 1. The number of sulfonamides is 1. The molecule has 1 saturated heterocycles. The largest absolute Gasteiger partial charge is 0.336 e. The number of rotatable bonds is 3. The van der Waals surface area contributed by atoms with Gasteiger partial charge < -0.3 is 9.80 Å². The molecule has 1 aromatic rings. The second kappa shape index (κ2) is 8.26. The van der Waals surface area contributed by atoms with Crippen molar-refractivity contribution in [3.8, 4) is 0 Å². The maximum Gasteiger partial charge on any atom is 0.286 e. The summed E-state index contributed by atoms with van der Waals surface area (Å²) in [5.74, 6) is 0.399. The Morgan fingerprint density at radius 3 is 2.62 bits per heavy atom. The lowest BCUT2D eigenvalue weighted by Crippen LogP contribution is -2.41. The molecule has 2 heterocycles. The summed E-state index contributed by atoms with van der Waals surface area (Å²) < 4.78 is 29.8. The highest BCUT2D eigenvalue weighted by Gasteiger charge is 2.34. The summed E-state index contributed by atoms with van der Waals surface area (Å²) in [6.07, 6.45) is 9.00. The van der Waals surface area contributed by atoms with Crippen LogP contribution in [0.25, 0.3) is 0 Å². The first-order chi connectivity index (χ1) is 13.9. The number of fused-ring (bicyclic) bond motifs is 3. The zero-order valence-corrected chi connectivity index (χ0v) is 18.4. The molecule has 29 heavy (non-hydrogen) atoms. The smallest absolute Gasteiger partial charge is 0.286 e. The third-order valence-electron chi connectivity index (χ3n) is 6.28. The highest BCUT2D eigenvalue weighted by Crippen LogP contribution is 2.38. The van der Waals surface area contributed by atoms with Gasteiger partial charge in [-0.3, -0.25) is 4.79 Å². The summed E-state index contributed by atoms with van der Waals surface area (Å²) >= 11 is 6.55. The van der Waals surface area contributed by atoms with E-state index in [1.165, 1.54) is 12.5 Å². The SMILES string of the molecule is CCN(C(=O)c1cc2c(cc1Cl)N1CCCCCC1=NS2(=O)=O)C1CCCCC1. The quantitative estimate of drug-likeness (QED) is 0.691. The van der Waals surface area contributed by atoms with Gasteiger partial charge in [-0.05, 0) is 44.7 Å². The minimum absolute atomic E-state index is 0.0931. The van der Waals surface area contributed by atoms with Crippen molar-refractivity contribution in [3.63, 3.8) is 0 Å². The van der Waals surface area contributed by atoms with Gasteiger partial charge in [0.05, 0.1) is 16.3 Å². The Labute approximate surface area is 178 Å². The Morgan fingerprint density at radius 2 is 1.90 bits per heavy atom. The molecule has 1 amide bonds. The minimum atomic E-state index is -3.84. The van der Waals surface area contributed by atoms with E-state index in [1.807, 2.05) is 16.7 Å². The molecule has 0 N–H and O–H groups in total. The van der Waals surface area contributed by atoms with Gasteiger partial charge in [0.2, 0.25) is 0 Å². The number of amides is 1. The standard InChI is InChI=1S/C21H28ClN3O3S/c1-2-24(15-9-5-3-6-10-15)21(26)16-13-19-18(14-17(16)22)25-12-8-4-7-11-20(25)23-29(19,27)28/h13-15H,2-12H2,1H3. The molecular formula is C21H28ClN3O3S. The zero-order valence-electron chi connectivity index (χ0n) is 16.9. The molecule has 6 nitrogen and oxygen atoms in total. The molecule has 1 saturated carbocycles. The van der Waals surface area contributed by atoms with E-state index in [0.717, 1.165) is 44.9 Å². The van der Waals surface area contributed by atoms with Crippen LogP contribution in [0.5, 0.6) is 0 Å². The fraction of sp³-hybridized carbons (Fsp3) is 0.619. The van der Waals surface area contributed by atoms with Crippen molar-refractivity contribution in [1.82, 2.24) is 4.90 Å². The summed E-state index contributed by atoms with van der Waals surface area (Å²) in [5, 5.41) is 0.309. The molecule has 0 unspecified atom stereocenters. The number of hydrogen-bond acceptors (Lipinski definition) is 4. The number of anilines is 1. The first-order valence-corrected chi connectivity index (χ1v) is 12.5. The van der Waals surface area contributed by atoms with Crippen LogP contribution in [0.15, 0.2) is 21.4 Å². The fourth-order valence-corrected chi connectivity index (χ4v) is 6.28. The predicted octanol–water partition coefficient (Wildman–Crippen LogP) is 4.62. The van der Waals surface area contributed by atoms with Gasteiger partial charge in [-0.25, -0.2) is 0 Å². The second-order valence-electron chi connectivity index (χ2n) is 8.13. The monoisotopic (exact) mass is 437 g/mol. The van der Waals surface area contributed by atoms with E-state index in [-0.39, 0.29) is 22.4 Å². The number of halogens is 1. The topological polar surface area (TPSA) is 70.1 Å². The predicted molar refractivity (Wildman–Crippen MR) is 115 cm³/mol. The van der Waals surface area contributed by atoms with Crippen molar-refractivity contribution >= 4 is 39.1 Å². The van der Waals surface area contributed by atoms with Crippen LogP contribution in [0.3, 0.4) is 0 Å². The molecule has 158 valence electrons. The molecule has 0 radical (unpaired) electrons. The molecular weight excluding hydrogens is 410 g/mol. The molecule has 4 rings (SSSR count). The van der Waals surface area contributed by atoms with Crippen molar-refractivity contribution in [1.29, 1.82) is 0 Å². The van der Waals surface area contributed by atoms with Crippen molar-refractivity contribution in [2.24, 2.45) is 4.40 Å². The minimum Gasteiger partial charge on any atom is -0.336 e. The molecule has 2 fully saturated rings. The van der Waals surface area contributed by atoms with Crippen molar-refractivity contribution in [2.75, 3.05) is 18.0 Å². The lowest BCUT2D eigenvalue weighted by atomic mass is 9.93. The number of carbonyl (C=O) groups excluding carboxylic acids is 1. The van der Waals surface area contributed by atoms with Gasteiger partial charge >= 0.3 is 0 Å². The molecule has 8 heteroatoms. The van der Waals surface area contributed by atoms with E-state index in [9.17, 15) is 13.2 Å². The van der Waals surface area contributed by atoms with Gasteiger partial charge in [0.15, 0.2) is 0 Å². The summed E-state index contributed by atoms with van der Waals surface area (Å²) in [7, 11) is -3.84. The van der Waals surface area contributed by atoms with Crippen molar-refractivity contribution < 1.29 is 13.2 Å². The summed E-state index contributed by atoms with van der Waals surface area (Å²) in [4.78, 5) is 17.2. The van der Waals surface area contributed by atoms with Crippen LogP contribution in [0, 0.1) is 0 Å². The van der Waals surface area contributed by atoms with Crippen molar-refractivity contribution in [3.05, 3.63) is 22.7 Å². The van der Waals surface area contributed by atoms with Gasteiger partial charge in [-0.2, -0.15) is 8.42 Å². The van der Waals surface area contributed by atoms with Crippen LogP contribution in [0.1, 0.15) is 75.1 Å². The molecule has 0 atom stereocenters. The number of benzene rings is 1. The Hall–Kier alpha value is -1.60. The Kier molecular flexibility index (Phi) is 5.89. The van der Waals surface area contributed by atoms with Gasteiger partial charge in [0.1, 0.15) is 10.7 Å². The van der Waals surface area contributed by atoms with E-state index in [4.69, 9.17) is 11.6 Å². The van der Waals surface area contributed by atoms with Gasteiger partial charge in [0, 0.05) is 25.6 Å². The van der Waals surface area contributed by atoms with Gasteiger partial charge in [-0.15, -0.1) is 4.40 Å². The maximum atomic E-state index is 13.3. The van der Waals surface area contributed by atoms with Crippen LogP contribution in [-0.4, -0.2) is 44.2 Å². The third-order valence-corrected chi connectivity index (χ3v) is 7.93. The average Bonchev–Trinajstić information content (AvgIpc) is 2.93. The highest BCUT2D eigenvalue weighted by molar-refractivity contribution is 7.90. The van der Waals surface area contributed by atoms with Gasteiger partial charge in [0.25, 0.3) is 15.9 Å². The van der Waals surface area contributed by atoms with Gasteiger partial charge in [-0.1, -0.05) is 37.3 Å². The normalized spacial score (nSPS) is 21.6. The van der Waals surface area contributed by atoms with Crippen LogP contribution >= 0.6 is 11.6 Å². The van der Waals surface area contributed by atoms with E-state index >= 15 is 0 Å². The van der Waals surface area contributed by atoms with Crippen LogP contribution in [-0.2, 0) is 10.0 Å². The average molecular weight is 438 g/mol. The molecule has 1 aromatic carbocycles. The first-order valence-electron chi connectivity index (χ1n) is 10.7. The molecule has 2 aliphatic heterocycles. The van der Waals surface area contributed by atoms with Crippen LogP contribution in [0.4, 0.5) is 5.69 Å². The Balaban J connectivity index is 1.74. The first kappa shape index (κ1) is 20.7. The molecule has 0 bridgehead atoms. The van der Waals surface area contributed by atoms with Crippen molar-refractivity contribution in [2.45, 2.75) is 75.6 Å². The number of carbonyl (C=O) groups is 1. The number of nitrogens with zero attached hydrogens (tertiary/aromatic N) is 3. The molecule has 0 spiro atoms.